The normalized spacial score (nSPS) is 12.8. The van der Waals surface area contributed by atoms with Crippen molar-refractivity contribution in [2.24, 2.45) is 0 Å². The zero-order valence-corrected chi connectivity index (χ0v) is 10.9. The second-order valence-electron chi connectivity index (χ2n) is 3.35. The highest BCUT2D eigenvalue weighted by Gasteiger charge is 2.17. The van der Waals surface area contributed by atoms with E-state index in [0.29, 0.717) is 6.42 Å². The third kappa shape index (κ3) is 7.35. The Morgan fingerprint density at radius 2 is 1.82 bits per heavy atom. The fourth-order valence-corrected chi connectivity index (χ4v) is 1.89. The van der Waals surface area contributed by atoms with E-state index in [1.54, 1.807) is 0 Å². The molecule has 7 heteroatoms. The maximum Gasteiger partial charge on any atom is 0.397 e. The van der Waals surface area contributed by atoms with Gasteiger partial charge in [0.05, 0.1) is 6.10 Å². The van der Waals surface area contributed by atoms with E-state index < -0.39 is 16.5 Å². The summed E-state index contributed by atoms with van der Waals surface area (Å²) < 4.78 is 34.1. The molecule has 0 aliphatic carbocycles. The topological polar surface area (TPSA) is 83.8 Å². The third-order valence-electron chi connectivity index (χ3n) is 2.01. The average molecular weight is 280 g/mol. The van der Waals surface area contributed by atoms with E-state index >= 15 is 0 Å². The van der Waals surface area contributed by atoms with E-state index in [2.05, 4.69) is 4.18 Å². The van der Waals surface area contributed by atoms with Crippen LogP contribution in [-0.2, 0) is 21.0 Å². The van der Waals surface area contributed by atoms with Crippen molar-refractivity contribution in [1.29, 1.82) is 0 Å². The lowest BCUT2D eigenvalue weighted by atomic mass is 10.1. The summed E-state index contributed by atoms with van der Waals surface area (Å²) in [6, 6.07) is 9.11. The summed E-state index contributed by atoms with van der Waals surface area (Å²) >= 11 is 0. The Bertz CT molecular complexity index is 404. The van der Waals surface area contributed by atoms with Crippen molar-refractivity contribution in [3.8, 4) is 0 Å². The largest absolute Gasteiger partial charge is 0.397 e. The minimum atomic E-state index is -4.48. The number of aliphatic hydroxyl groups is 1. The Morgan fingerprint density at radius 1 is 1.24 bits per heavy atom. The van der Waals surface area contributed by atoms with Crippen molar-refractivity contribution >= 4 is 23.9 Å². The zero-order chi connectivity index (χ0) is 12.0. The highest BCUT2D eigenvalue weighted by Crippen LogP contribution is 2.10. The molecule has 0 spiro atoms. The van der Waals surface area contributed by atoms with Gasteiger partial charge in [0.25, 0.3) is 0 Å². The van der Waals surface area contributed by atoms with Crippen LogP contribution in [0.15, 0.2) is 30.3 Å². The summed E-state index contributed by atoms with van der Waals surface area (Å²) in [5, 5.41) is 8.76. The van der Waals surface area contributed by atoms with Crippen molar-refractivity contribution in [2.75, 3.05) is 6.61 Å². The Hall–Kier alpha value is -0.600. The Kier molecular flexibility index (Phi) is 7.40. The van der Waals surface area contributed by atoms with Gasteiger partial charge in [-0.25, -0.2) is 4.18 Å². The van der Waals surface area contributed by atoms with Crippen LogP contribution in [0.2, 0.25) is 0 Å². The van der Waals surface area contributed by atoms with Crippen LogP contribution >= 0.6 is 13.5 Å². The van der Waals surface area contributed by atoms with Crippen LogP contribution in [0, 0.1) is 0 Å². The number of benzene rings is 1. The van der Waals surface area contributed by atoms with Gasteiger partial charge in [-0.15, -0.1) is 0 Å². The van der Waals surface area contributed by atoms with E-state index in [1.807, 2.05) is 30.3 Å². The molecule has 1 atom stereocenters. The van der Waals surface area contributed by atoms with Crippen LogP contribution in [0.1, 0.15) is 12.0 Å². The third-order valence-corrected chi connectivity index (χ3v) is 2.53. The van der Waals surface area contributed by atoms with Crippen LogP contribution < -0.4 is 0 Å². The molecule has 98 valence electrons. The van der Waals surface area contributed by atoms with Crippen molar-refractivity contribution < 1.29 is 22.3 Å². The highest BCUT2D eigenvalue weighted by atomic mass is 32.3. The molecule has 0 aliphatic rings. The molecule has 0 aromatic heterocycles. The molecule has 5 nitrogen and oxygen atoms in total. The van der Waals surface area contributed by atoms with Crippen LogP contribution in [0.3, 0.4) is 0 Å². The highest BCUT2D eigenvalue weighted by molar-refractivity contribution is 7.80. The molecule has 1 rings (SSSR count). The van der Waals surface area contributed by atoms with Gasteiger partial charge in [0.2, 0.25) is 0 Å². The molecule has 17 heavy (non-hydrogen) atoms. The summed E-state index contributed by atoms with van der Waals surface area (Å²) in [5.41, 5.74) is 0.879. The standard InChI is InChI=1S/C10H14O5S.H2S/c11-7-6-10(15-16(12,13)14)8-9-4-2-1-3-5-9;/h1-5,10-11H,6-8H2,(H,12,13,14);1H2. The first-order chi connectivity index (χ1) is 7.51. The van der Waals surface area contributed by atoms with Gasteiger partial charge in [-0.2, -0.15) is 21.9 Å². The summed E-state index contributed by atoms with van der Waals surface area (Å²) in [4.78, 5) is 0. The summed E-state index contributed by atoms with van der Waals surface area (Å²) in [7, 11) is -4.48. The predicted molar refractivity (Wildman–Crippen MR) is 68.7 cm³/mol. The van der Waals surface area contributed by atoms with Gasteiger partial charge in [-0.1, -0.05) is 30.3 Å². The Labute approximate surface area is 108 Å². The lowest BCUT2D eigenvalue weighted by molar-refractivity contribution is 0.143. The molecule has 1 aromatic rings. The molecule has 0 radical (unpaired) electrons. The maximum atomic E-state index is 10.6. The van der Waals surface area contributed by atoms with Crippen molar-refractivity contribution in [3.05, 3.63) is 35.9 Å². The first kappa shape index (κ1) is 16.4. The molecular formula is C10H16O5S2. The number of hydrogen-bond acceptors (Lipinski definition) is 4. The smallest absolute Gasteiger partial charge is 0.396 e. The molecule has 1 aromatic carbocycles. The Morgan fingerprint density at radius 3 is 2.29 bits per heavy atom. The van der Waals surface area contributed by atoms with Crippen LogP contribution in [0.4, 0.5) is 0 Å². The number of rotatable bonds is 6. The zero-order valence-electron chi connectivity index (χ0n) is 9.11. The van der Waals surface area contributed by atoms with Gasteiger partial charge in [-0.05, 0) is 12.0 Å². The minimum absolute atomic E-state index is 0. The van der Waals surface area contributed by atoms with E-state index in [9.17, 15) is 8.42 Å². The molecule has 0 fully saturated rings. The second-order valence-corrected chi connectivity index (χ2v) is 4.40. The first-order valence-corrected chi connectivity index (χ1v) is 6.18. The van der Waals surface area contributed by atoms with Gasteiger partial charge < -0.3 is 5.11 Å². The lowest BCUT2D eigenvalue weighted by Crippen LogP contribution is -2.21. The molecule has 0 aliphatic heterocycles. The van der Waals surface area contributed by atoms with Gasteiger partial charge in [0.15, 0.2) is 0 Å². The van der Waals surface area contributed by atoms with Crippen LogP contribution in [-0.4, -0.2) is 30.8 Å². The fraction of sp³-hybridized carbons (Fsp3) is 0.400. The van der Waals surface area contributed by atoms with Crippen molar-refractivity contribution in [1.82, 2.24) is 0 Å². The molecule has 0 saturated carbocycles. The van der Waals surface area contributed by atoms with Crippen molar-refractivity contribution in [2.45, 2.75) is 18.9 Å². The lowest BCUT2D eigenvalue weighted by Gasteiger charge is -2.14. The average Bonchev–Trinajstić information content (AvgIpc) is 2.17. The Balaban J connectivity index is 0.00000256. The van der Waals surface area contributed by atoms with Crippen LogP contribution in [0.5, 0.6) is 0 Å². The molecule has 0 bridgehead atoms. The summed E-state index contributed by atoms with van der Waals surface area (Å²) in [5.74, 6) is 0. The molecule has 0 amide bonds. The van der Waals surface area contributed by atoms with E-state index in [-0.39, 0.29) is 26.5 Å². The number of aliphatic hydroxyl groups excluding tert-OH is 1. The number of hydrogen-bond donors (Lipinski definition) is 2. The predicted octanol–water partition coefficient (Wildman–Crippen LogP) is 0.912. The van der Waals surface area contributed by atoms with Gasteiger partial charge >= 0.3 is 10.4 Å². The van der Waals surface area contributed by atoms with E-state index in [1.165, 1.54) is 0 Å². The fourth-order valence-electron chi connectivity index (χ4n) is 1.38. The second kappa shape index (κ2) is 7.67. The molecular weight excluding hydrogens is 264 g/mol. The van der Waals surface area contributed by atoms with E-state index in [0.717, 1.165) is 5.56 Å². The molecule has 2 N–H and O–H groups in total. The molecule has 0 saturated heterocycles. The summed E-state index contributed by atoms with van der Waals surface area (Å²) in [6.07, 6.45) is -0.280. The monoisotopic (exact) mass is 280 g/mol. The van der Waals surface area contributed by atoms with Gasteiger partial charge in [-0.3, -0.25) is 4.55 Å². The molecule has 1 unspecified atom stereocenters. The summed E-state index contributed by atoms with van der Waals surface area (Å²) in [6.45, 7) is -0.201. The van der Waals surface area contributed by atoms with Crippen LogP contribution in [0.25, 0.3) is 0 Å². The quantitative estimate of drug-likeness (QED) is 0.757. The van der Waals surface area contributed by atoms with E-state index in [4.69, 9.17) is 9.66 Å². The first-order valence-electron chi connectivity index (χ1n) is 4.82. The van der Waals surface area contributed by atoms with Gasteiger partial charge in [0.1, 0.15) is 0 Å². The van der Waals surface area contributed by atoms with Gasteiger partial charge in [0, 0.05) is 13.0 Å². The maximum absolute atomic E-state index is 10.6. The SMILES string of the molecule is O=S(=O)(O)OC(CCO)Cc1ccccc1.S. The van der Waals surface area contributed by atoms with Crippen molar-refractivity contribution in [3.63, 3.8) is 0 Å². The molecule has 0 heterocycles. The minimum Gasteiger partial charge on any atom is -0.396 e.